The number of carbonyl (C=O) groups excluding carboxylic acids is 1. The van der Waals surface area contributed by atoms with E-state index in [0.717, 1.165) is 29.4 Å². The number of para-hydroxylation sites is 2. The lowest BCUT2D eigenvalue weighted by Crippen LogP contribution is -2.35. The second kappa shape index (κ2) is 12.1. The van der Waals surface area contributed by atoms with Crippen molar-refractivity contribution >= 4 is 32.6 Å². The van der Waals surface area contributed by atoms with Crippen molar-refractivity contribution in [3.63, 3.8) is 0 Å². The molecule has 40 heavy (non-hydrogen) atoms. The second-order valence-corrected chi connectivity index (χ2v) is 12.8. The third-order valence-corrected chi connectivity index (χ3v) is 10.1. The molecule has 9 heteroatoms. The molecule has 1 saturated heterocycles. The van der Waals surface area contributed by atoms with Crippen LogP contribution in [0.15, 0.2) is 83.9 Å². The predicted molar refractivity (Wildman–Crippen MR) is 161 cm³/mol. The number of thiol groups is 1. The van der Waals surface area contributed by atoms with Crippen molar-refractivity contribution in [2.24, 2.45) is 0 Å². The third kappa shape index (κ3) is 5.80. The summed E-state index contributed by atoms with van der Waals surface area (Å²) >= 11 is 0. The summed E-state index contributed by atoms with van der Waals surface area (Å²) in [7, 11) is -1.43. The summed E-state index contributed by atoms with van der Waals surface area (Å²) in [6.07, 6.45) is 2.56. The van der Waals surface area contributed by atoms with Gasteiger partial charge in [0.05, 0.1) is 17.5 Å². The van der Waals surface area contributed by atoms with Crippen LogP contribution in [0.5, 0.6) is 11.5 Å². The van der Waals surface area contributed by atoms with Crippen LogP contribution < -0.4 is 9.46 Å². The number of fused-ring (bicyclic) bond motifs is 1. The zero-order chi connectivity index (χ0) is 28.1. The number of benzene rings is 3. The lowest BCUT2D eigenvalue weighted by Gasteiger charge is -2.26. The largest absolute Gasteiger partial charge is 0.504 e. The molecule has 1 aliphatic rings. The molecule has 1 fully saturated rings. The lowest BCUT2D eigenvalue weighted by atomic mass is 10.1. The molecule has 1 aliphatic heterocycles. The van der Waals surface area contributed by atoms with Gasteiger partial charge in [-0.05, 0) is 59.0 Å². The first-order valence-electron chi connectivity index (χ1n) is 13.6. The number of pyridine rings is 1. The summed E-state index contributed by atoms with van der Waals surface area (Å²) in [6, 6.07) is 22.3. The molecule has 5 rings (SSSR count). The number of amides is 1. The minimum Gasteiger partial charge on any atom is -0.504 e. The van der Waals surface area contributed by atoms with Gasteiger partial charge in [0, 0.05) is 66.9 Å². The Hall–Kier alpha value is -3.95. The number of ether oxygens (including phenoxy) is 1. The zero-order valence-corrected chi connectivity index (χ0v) is 23.8. The first-order chi connectivity index (χ1) is 19.4. The minimum absolute atomic E-state index is 0.0189. The van der Waals surface area contributed by atoms with Crippen LogP contribution in [-0.2, 0) is 16.7 Å². The van der Waals surface area contributed by atoms with E-state index < -0.39 is 10.1 Å². The molecule has 0 spiro atoms. The maximum Gasteiger partial charge on any atom is 0.253 e. The van der Waals surface area contributed by atoms with Crippen molar-refractivity contribution in [3.05, 3.63) is 90.1 Å². The van der Waals surface area contributed by atoms with Crippen molar-refractivity contribution in [1.29, 1.82) is 0 Å². The second-order valence-electron chi connectivity index (χ2n) is 9.99. The zero-order valence-electron chi connectivity index (χ0n) is 22.9. The number of rotatable bonds is 8. The van der Waals surface area contributed by atoms with Crippen molar-refractivity contribution < 1.29 is 18.8 Å². The number of aromatic nitrogens is 1. The molecule has 8 nitrogen and oxygen atoms in total. The van der Waals surface area contributed by atoms with E-state index in [1.165, 1.54) is 0 Å². The van der Waals surface area contributed by atoms with Gasteiger partial charge in [-0.25, -0.2) is 0 Å². The fraction of sp³-hybridized carbons (Fsp3) is 0.290. The Morgan fingerprint density at radius 1 is 1.00 bits per heavy atom. The Balaban J connectivity index is 1.24. The van der Waals surface area contributed by atoms with E-state index in [1.807, 2.05) is 66.4 Å². The van der Waals surface area contributed by atoms with Gasteiger partial charge >= 0.3 is 0 Å². The smallest absolute Gasteiger partial charge is 0.253 e. The normalized spacial score (nSPS) is 15.0. The van der Waals surface area contributed by atoms with Crippen LogP contribution >= 0.6 is 0 Å². The van der Waals surface area contributed by atoms with E-state index in [9.17, 15) is 14.1 Å². The highest BCUT2D eigenvalue weighted by molar-refractivity contribution is 8.04. The Kier molecular flexibility index (Phi) is 8.32. The molecule has 0 atom stereocenters. The van der Waals surface area contributed by atoms with Gasteiger partial charge in [-0.15, -0.1) is 0 Å². The monoisotopic (exact) mass is 560 g/mol. The number of anilines is 1. The van der Waals surface area contributed by atoms with E-state index in [1.54, 1.807) is 31.5 Å². The molecule has 2 heterocycles. The molecule has 1 aromatic heterocycles. The first kappa shape index (κ1) is 27.6. The summed E-state index contributed by atoms with van der Waals surface area (Å²) in [6.45, 7) is 5.31. The van der Waals surface area contributed by atoms with Gasteiger partial charge in [0.25, 0.3) is 5.91 Å². The number of nitrogens with zero attached hydrogens (tertiary/aromatic N) is 3. The van der Waals surface area contributed by atoms with Crippen molar-refractivity contribution in [2.45, 2.75) is 24.8 Å². The number of phenols is 1. The van der Waals surface area contributed by atoms with E-state index in [2.05, 4.69) is 14.6 Å². The fourth-order valence-corrected chi connectivity index (χ4v) is 7.24. The fourth-order valence-electron chi connectivity index (χ4n) is 5.20. The van der Waals surface area contributed by atoms with Gasteiger partial charge in [0.2, 0.25) is 0 Å². The molecule has 4 aromatic rings. The highest BCUT2D eigenvalue weighted by Crippen LogP contribution is 2.31. The van der Waals surface area contributed by atoms with Crippen molar-refractivity contribution in [2.75, 3.05) is 43.8 Å². The number of nitrogens with one attached hydrogen (secondary N) is 1. The highest BCUT2D eigenvalue weighted by Gasteiger charge is 2.23. The lowest BCUT2D eigenvalue weighted by molar-refractivity contribution is 0.0761. The molecule has 0 unspecified atom stereocenters. The van der Waals surface area contributed by atoms with Crippen molar-refractivity contribution in [1.82, 2.24) is 14.8 Å². The van der Waals surface area contributed by atoms with Gasteiger partial charge in [0.1, 0.15) is 0 Å². The Morgan fingerprint density at radius 2 is 1.77 bits per heavy atom. The Labute approximate surface area is 236 Å². The molecule has 0 aliphatic carbocycles. The average Bonchev–Trinajstić information content (AvgIpc) is 3.23. The summed E-state index contributed by atoms with van der Waals surface area (Å²) < 4.78 is 22.5. The van der Waals surface area contributed by atoms with Gasteiger partial charge in [-0.1, -0.05) is 37.3 Å². The Bertz CT molecular complexity index is 1540. The van der Waals surface area contributed by atoms with Gasteiger partial charge in [-0.3, -0.25) is 18.9 Å². The van der Waals surface area contributed by atoms with Crippen LogP contribution in [0.25, 0.3) is 10.9 Å². The van der Waals surface area contributed by atoms with E-state index in [-0.39, 0.29) is 11.7 Å². The highest BCUT2D eigenvalue weighted by atomic mass is 32.3. The summed E-state index contributed by atoms with van der Waals surface area (Å²) in [5.41, 5.74) is 2.86. The van der Waals surface area contributed by atoms with Gasteiger partial charge in [-0.2, -0.15) is 0 Å². The van der Waals surface area contributed by atoms with Gasteiger partial charge in [0.15, 0.2) is 11.5 Å². The van der Waals surface area contributed by atoms with Crippen molar-refractivity contribution in [3.8, 4) is 11.5 Å². The molecule has 2 N–H and O–H groups in total. The molecule has 0 bridgehead atoms. The van der Waals surface area contributed by atoms with Crippen LogP contribution in [-0.4, -0.2) is 69.0 Å². The van der Waals surface area contributed by atoms with Crippen LogP contribution in [0.1, 0.15) is 29.3 Å². The molecule has 0 radical (unpaired) electrons. The minimum atomic E-state index is -2.97. The molecular formula is C31H36N4O4S. The maximum absolute atomic E-state index is 14.0. The Morgan fingerprint density at radius 3 is 2.55 bits per heavy atom. The topological polar surface area (TPSA) is 95.0 Å². The summed E-state index contributed by atoms with van der Waals surface area (Å²) in [5, 5.41) is 11.4. The molecule has 0 saturated carbocycles. The molecular weight excluding hydrogens is 524 g/mol. The van der Waals surface area contributed by atoms with E-state index in [0.29, 0.717) is 53.8 Å². The quantitative estimate of drug-likeness (QED) is 0.270. The van der Waals surface area contributed by atoms with E-state index in [4.69, 9.17) is 4.74 Å². The standard InChI is InChI=1S/C31H36N4O4S/c1-3-40(38,28-12-5-8-23-10-6-17-32-29(23)28)33-26-15-13-24(14-16-26)31(37)35-19-7-18-34(20-21-35)22-25-9-4-11-27(39-2)30(25)36/h4-6,8-17,36,40H,3,7,18-22H2,1-2H3,(H,33,38). The summed E-state index contributed by atoms with van der Waals surface area (Å²) in [5.74, 6) is 1.04. The third-order valence-electron chi connectivity index (χ3n) is 7.46. The number of hydrogen-bond acceptors (Lipinski definition) is 6. The molecule has 210 valence electrons. The predicted octanol–water partition coefficient (Wildman–Crippen LogP) is 4.72. The molecule has 3 aromatic carbocycles. The van der Waals surface area contributed by atoms with Crippen LogP contribution in [0.2, 0.25) is 0 Å². The van der Waals surface area contributed by atoms with Crippen LogP contribution in [0.3, 0.4) is 0 Å². The first-order valence-corrected chi connectivity index (χ1v) is 15.5. The number of aromatic hydroxyl groups is 1. The number of carbonyl (C=O) groups is 1. The van der Waals surface area contributed by atoms with Crippen LogP contribution in [0, 0.1) is 0 Å². The summed E-state index contributed by atoms with van der Waals surface area (Å²) in [4.78, 5) is 22.7. The maximum atomic E-state index is 14.0. The molecule has 1 amide bonds. The van der Waals surface area contributed by atoms with Gasteiger partial charge < -0.3 is 19.5 Å². The SMILES string of the molecule is CC[SH](=O)(Nc1ccc(C(=O)N2CCCN(Cc3cccc(OC)c3O)CC2)cc1)c1cccc2cccnc12. The van der Waals surface area contributed by atoms with E-state index >= 15 is 0 Å². The van der Waals surface area contributed by atoms with Crippen LogP contribution in [0.4, 0.5) is 5.69 Å². The number of hydrogen-bond donors (Lipinski definition) is 3. The average molecular weight is 561 g/mol. The number of phenolic OH excluding ortho intramolecular Hbond substituents is 1. The number of methoxy groups -OCH3 is 1.